The van der Waals surface area contributed by atoms with Gasteiger partial charge in [0.25, 0.3) is 22.7 Å². The molecular weight excluding hydrogens is 340 g/mol. The summed E-state index contributed by atoms with van der Waals surface area (Å²) in [5, 5.41) is 44.5. The molecule has 0 spiro atoms. The molecule has 2 aromatic carbocycles. The van der Waals surface area contributed by atoms with E-state index in [0.29, 0.717) is 6.42 Å². The summed E-state index contributed by atoms with van der Waals surface area (Å²) in [6.07, 6.45) is 0.715. The number of nitro groups is 4. The molecule has 127 valence electrons. The largest absolute Gasteiger partial charge is 0.280 e. The van der Waals surface area contributed by atoms with Crippen molar-refractivity contribution in [1.29, 1.82) is 0 Å². The summed E-state index contributed by atoms with van der Waals surface area (Å²) < 4.78 is 0. The molecule has 0 bridgehead atoms. The van der Waals surface area contributed by atoms with Gasteiger partial charge < -0.3 is 0 Å². The average molecular weight is 347 g/mol. The zero-order valence-electron chi connectivity index (χ0n) is 12.1. The molecule has 1 radical (unpaired) electrons. The maximum absolute atomic E-state index is 11.1. The van der Waals surface area contributed by atoms with E-state index in [4.69, 9.17) is 0 Å². The summed E-state index contributed by atoms with van der Waals surface area (Å²) in [5.41, 5.74) is -3.98. The Balaban J connectivity index is 2.76. The Labute approximate surface area is 137 Å². The van der Waals surface area contributed by atoms with Gasteiger partial charge in [0.15, 0.2) is 0 Å². The minimum Gasteiger partial charge on any atom is -0.258 e. The predicted molar refractivity (Wildman–Crippen MR) is 82.0 cm³/mol. The fourth-order valence-electron chi connectivity index (χ4n) is 2.16. The van der Waals surface area contributed by atoms with Gasteiger partial charge >= 0.3 is 0 Å². The van der Waals surface area contributed by atoms with Crippen LogP contribution < -0.4 is 0 Å². The second kappa shape index (κ2) is 6.66. The van der Waals surface area contributed by atoms with Crippen LogP contribution in [0.4, 0.5) is 22.7 Å². The molecule has 25 heavy (non-hydrogen) atoms. The van der Waals surface area contributed by atoms with Crippen LogP contribution in [0.25, 0.3) is 0 Å². The van der Waals surface area contributed by atoms with Crippen molar-refractivity contribution in [3.63, 3.8) is 0 Å². The van der Waals surface area contributed by atoms with Crippen LogP contribution in [0.2, 0.25) is 0 Å². The first kappa shape index (κ1) is 17.4. The molecule has 0 aliphatic carbocycles. The van der Waals surface area contributed by atoms with E-state index in [1.54, 1.807) is 0 Å². The van der Waals surface area contributed by atoms with Crippen LogP contribution in [0.1, 0.15) is 11.1 Å². The number of nitro benzene ring substituents is 4. The van der Waals surface area contributed by atoms with Crippen LogP contribution in [0.15, 0.2) is 36.4 Å². The molecule has 0 aliphatic rings. The molecule has 0 heterocycles. The van der Waals surface area contributed by atoms with Gasteiger partial charge in [-0.3, -0.25) is 40.5 Å². The van der Waals surface area contributed by atoms with E-state index in [2.05, 4.69) is 0 Å². The van der Waals surface area contributed by atoms with Gasteiger partial charge in [0.2, 0.25) is 0 Å². The Kier molecular flexibility index (Phi) is 4.63. The molecule has 0 fully saturated rings. The lowest BCUT2D eigenvalue weighted by Crippen LogP contribution is -2.04. The Morgan fingerprint density at radius 2 is 0.800 bits per heavy atom. The third-order valence-corrected chi connectivity index (χ3v) is 3.20. The minimum absolute atomic E-state index is 0.574. The first-order valence-corrected chi connectivity index (χ1v) is 6.42. The van der Waals surface area contributed by atoms with Gasteiger partial charge in [-0.2, -0.15) is 0 Å². The number of hydrogen-bond donors (Lipinski definition) is 0. The van der Waals surface area contributed by atoms with Crippen molar-refractivity contribution < 1.29 is 19.7 Å². The highest BCUT2D eigenvalue weighted by Crippen LogP contribution is 2.37. The molecule has 0 unspecified atom stereocenters. The molecule has 12 heteroatoms. The van der Waals surface area contributed by atoms with Crippen molar-refractivity contribution in [3.8, 4) is 0 Å². The zero-order valence-corrected chi connectivity index (χ0v) is 12.1. The van der Waals surface area contributed by atoms with Gasteiger partial charge in [-0.25, -0.2) is 0 Å². The summed E-state index contributed by atoms with van der Waals surface area (Å²) >= 11 is 0. The number of hydrogen-bond acceptors (Lipinski definition) is 8. The Hall–Kier alpha value is -3.96. The minimum atomic E-state index is -0.917. The van der Waals surface area contributed by atoms with Gasteiger partial charge in [-0.05, 0) is 12.1 Å². The van der Waals surface area contributed by atoms with E-state index in [1.807, 2.05) is 0 Å². The highest BCUT2D eigenvalue weighted by atomic mass is 16.6. The molecule has 2 rings (SSSR count). The summed E-state index contributed by atoms with van der Waals surface area (Å²) in [6.45, 7) is 0. The fourth-order valence-corrected chi connectivity index (χ4v) is 2.16. The van der Waals surface area contributed by atoms with Gasteiger partial charge in [0.1, 0.15) is 11.1 Å². The monoisotopic (exact) mass is 347 g/mol. The van der Waals surface area contributed by atoms with Crippen molar-refractivity contribution in [2.75, 3.05) is 0 Å². The van der Waals surface area contributed by atoms with Gasteiger partial charge in [0, 0.05) is 30.7 Å². The average Bonchev–Trinajstić information content (AvgIpc) is 2.54. The second-order valence-corrected chi connectivity index (χ2v) is 4.59. The summed E-state index contributed by atoms with van der Waals surface area (Å²) in [6, 6.07) is 5.97. The number of benzene rings is 2. The van der Waals surface area contributed by atoms with Crippen LogP contribution in [-0.2, 0) is 0 Å². The summed E-state index contributed by atoms with van der Waals surface area (Å²) in [7, 11) is 0. The molecule has 0 saturated heterocycles. The number of rotatable bonds is 6. The van der Waals surface area contributed by atoms with Crippen LogP contribution in [-0.4, -0.2) is 19.7 Å². The lowest BCUT2D eigenvalue weighted by atomic mass is 9.98. The van der Waals surface area contributed by atoms with Crippen LogP contribution >= 0.6 is 0 Å². The van der Waals surface area contributed by atoms with E-state index in [0.717, 1.165) is 36.4 Å². The maximum Gasteiger partial charge on any atom is 0.280 e. The molecule has 0 saturated carbocycles. The Morgan fingerprint density at radius 3 is 1.00 bits per heavy atom. The topological polar surface area (TPSA) is 173 Å². The zero-order chi connectivity index (χ0) is 18.7. The quantitative estimate of drug-likeness (QED) is 0.566. The van der Waals surface area contributed by atoms with E-state index in [-0.39, 0.29) is 0 Å². The highest BCUT2D eigenvalue weighted by molar-refractivity contribution is 5.68. The Bertz CT molecular complexity index is 773. The molecule has 0 N–H and O–H groups in total. The van der Waals surface area contributed by atoms with Crippen molar-refractivity contribution in [2.45, 2.75) is 0 Å². The van der Waals surface area contributed by atoms with Gasteiger partial charge in [0.05, 0.1) is 19.7 Å². The smallest absolute Gasteiger partial charge is 0.258 e. The lowest BCUT2D eigenvalue weighted by Gasteiger charge is -2.06. The lowest BCUT2D eigenvalue weighted by molar-refractivity contribution is -0.396. The molecule has 2 aromatic rings. The molecule has 12 nitrogen and oxygen atoms in total. The molecule has 0 amide bonds. The molecule has 0 aromatic heterocycles. The second-order valence-electron chi connectivity index (χ2n) is 4.59. The normalized spacial score (nSPS) is 10.2. The summed E-state index contributed by atoms with van der Waals surface area (Å²) in [5.74, 6) is 0. The van der Waals surface area contributed by atoms with Crippen molar-refractivity contribution in [1.82, 2.24) is 0 Å². The van der Waals surface area contributed by atoms with Crippen molar-refractivity contribution in [2.24, 2.45) is 0 Å². The first-order chi connectivity index (χ1) is 11.7. The van der Waals surface area contributed by atoms with E-state index in [9.17, 15) is 40.5 Å². The predicted octanol–water partition coefficient (Wildman–Crippen LogP) is 2.92. The molecule has 0 aliphatic heterocycles. The third-order valence-electron chi connectivity index (χ3n) is 3.20. The standard InChI is InChI=1S/C13H7N4O8/c18-14(19)10-3-1-4-11(15(20)21)8(10)7-9-12(16(22)23)5-2-6-13(9)17(24)25/h1-7H. The van der Waals surface area contributed by atoms with E-state index in [1.165, 1.54) is 0 Å². The third kappa shape index (κ3) is 3.36. The van der Waals surface area contributed by atoms with Crippen LogP contribution in [0, 0.1) is 46.9 Å². The highest BCUT2D eigenvalue weighted by Gasteiger charge is 2.32. The Morgan fingerprint density at radius 1 is 0.560 bits per heavy atom. The molecular formula is C13H7N4O8. The summed E-state index contributed by atoms with van der Waals surface area (Å²) in [4.78, 5) is 40.8. The number of nitrogens with zero attached hydrogens (tertiary/aromatic N) is 4. The van der Waals surface area contributed by atoms with E-state index < -0.39 is 53.6 Å². The maximum atomic E-state index is 11.1. The first-order valence-electron chi connectivity index (χ1n) is 6.42. The van der Waals surface area contributed by atoms with Gasteiger partial charge in [-0.1, -0.05) is 0 Å². The van der Waals surface area contributed by atoms with E-state index >= 15 is 0 Å². The van der Waals surface area contributed by atoms with Gasteiger partial charge in [-0.15, -0.1) is 0 Å². The van der Waals surface area contributed by atoms with Crippen molar-refractivity contribution in [3.05, 3.63) is 94.4 Å². The molecule has 0 atom stereocenters. The van der Waals surface area contributed by atoms with Crippen molar-refractivity contribution >= 4 is 22.7 Å². The van der Waals surface area contributed by atoms with Crippen LogP contribution in [0.5, 0.6) is 0 Å². The SMILES string of the molecule is O=[N+]([O-])c1cccc([N+](=O)[O-])c1[CH]c1c([N+](=O)[O-])cccc1[N+](=O)[O-]. The fraction of sp³-hybridized carbons (Fsp3) is 0. The van der Waals surface area contributed by atoms with Crippen LogP contribution in [0.3, 0.4) is 0 Å².